The number of nitrogens with one attached hydrogen (secondary N) is 1. The maximum Gasteiger partial charge on any atom is 0.118 e. The Hall–Kier alpha value is -0.670. The van der Waals surface area contributed by atoms with Gasteiger partial charge in [0, 0.05) is 11.8 Å². The molecular weight excluding hydrogens is 266 g/mol. The zero-order valence-corrected chi connectivity index (χ0v) is 14.0. The molecule has 114 valence electrons. The van der Waals surface area contributed by atoms with Gasteiger partial charge in [-0.3, -0.25) is 0 Å². The molecule has 0 amide bonds. The lowest BCUT2D eigenvalue weighted by Gasteiger charge is -2.19. The van der Waals surface area contributed by atoms with E-state index in [0.29, 0.717) is 6.04 Å². The normalized spacial score (nSPS) is 12.3. The molecule has 0 fully saturated rings. The smallest absolute Gasteiger partial charge is 0.118 e. The van der Waals surface area contributed by atoms with E-state index in [1.807, 2.05) is 0 Å². The Bertz CT molecular complexity index is 339. The van der Waals surface area contributed by atoms with Crippen LogP contribution in [0.2, 0.25) is 0 Å². The van der Waals surface area contributed by atoms with Gasteiger partial charge >= 0.3 is 0 Å². The molecule has 2 nitrogen and oxygen atoms in total. The first-order valence-corrected chi connectivity index (χ1v) is 8.92. The highest BCUT2D eigenvalue weighted by atomic mass is 32.2. The van der Waals surface area contributed by atoms with Crippen LogP contribution in [-0.4, -0.2) is 25.2 Å². The number of ether oxygens (including phenoxy) is 1. The fraction of sp³-hybridized carbons (Fsp3) is 0.647. The second-order valence-corrected chi connectivity index (χ2v) is 6.21. The monoisotopic (exact) mass is 295 g/mol. The zero-order chi connectivity index (χ0) is 14.6. The van der Waals surface area contributed by atoms with Crippen LogP contribution in [0.3, 0.4) is 0 Å². The molecule has 0 aliphatic carbocycles. The second kappa shape index (κ2) is 11.0. The lowest BCUT2D eigenvalue weighted by atomic mass is 10.1. The van der Waals surface area contributed by atoms with Crippen molar-refractivity contribution in [2.75, 3.05) is 25.2 Å². The standard InChI is InChI=1S/C17H29NOS/c1-4-6-7-13-20-14-17(18-12-5-2)15-8-10-16(19-3)11-9-15/h8-11,17-18H,4-7,12-14H2,1-3H3. The molecule has 0 heterocycles. The van der Waals surface area contributed by atoms with E-state index in [-0.39, 0.29) is 0 Å². The number of rotatable bonds is 11. The van der Waals surface area contributed by atoms with Gasteiger partial charge in [0.25, 0.3) is 0 Å². The van der Waals surface area contributed by atoms with Gasteiger partial charge in [-0.2, -0.15) is 11.8 Å². The highest BCUT2D eigenvalue weighted by molar-refractivity contribution is 7.99. The van der Waals surface area contributed by atoms with Gasteiger partial charge in [-0.15, -0.1) is 0 Å². The van der Waals surface area contributed by atoms with Gasteiger partial charge in [-0.25, -0.2) is 0 Å². The van der Waals surface area contributed by atoms with E-state index in [0.717, 1.165) is 18.0 Å². The zero-order valence-electron chi connectivity index (χ0n) is 13.2. The molecule has 3 heteroatoms. The van der Waals surface area contributed by atoms with Gasteiger partial charge in [-0.05, 0) is 42.8 Å². The molecule has 1 rings (SSSR count). The van der Waals surface area contributed by atoms with Crippen molar-refractivity contribution in [3.05, 3.63) is 29.8 Å². The van der Waals surface area contributed by atoms with Crippen molar-refractivity contribution in [1.29, 1.82) is 0 Å². The Morgan fingerprint density at radius 3 is 2.45 bits per heavy atom. The van der Waals surface area contributed by atoms with Gasteiger partial charge in [0.1, 0.15) is 5.75 Å². The number of hydrogen-bond acceptors (Lipinski definition) is 3. The minimum Gasteiger partial charge on any atom is -0.497 e. The molecule has 0 saturated carbocycles. The van der Waals surface area contributed by atoms with Crippen LogP contribution >= 0.6 is 11.8 Å². The molecule has 0 spiro atoms. The molecule has 0 radical (unpaired) electrons. The lowest BCUT2D eigenvalue weighted by molar-refractivity contribution is 0.414. The third-order valence-electron chi connectivity index (χ3n) is 3.34. The molecule has 0 saturated heterocycles. The average Bonchev–Trinajstić information content (AvgIpc) is 2.50. The van der Waals surface area contributed by atoms with E-state index in [2.05, 4.69) is 55.2 Å². The van der Waals surface area contributed by atoms with Crippen LogP contribution in [0.5, 0.6) is 5.75 Å². The first-order chi connectivity index (χ1) is 9.81. The molecule has 0 bridgehead atoms. The number of methoxy groups -OCH3 is 1. The summed E-state index contributed by atoms with van der Waals surface area (Å²) in [4.78, 5) is 0. The quantitative estimate of drug-likeness (QED) is 0.600. The molecule has 1 atom stereocenters. The van der Waals surface area contributed by atoms with Crippen molar-refractivity contribution < 1.29 is 4.74 Å². The van der Waals surface area contributed by atoms with E-state index in [9.17, 15) is 0 Å². The maximum atomic E-state index is 5.23. The number of hydrogen-bond donors (Lipinski definition) is 1. The van der Waals surface area contributed by atoms with E-state index >= 15 is 0 Å². The van der Waals surface area contributed by atoms with Crippen molar-refractivity contribution >= 4 is 11.8 Å². The Labute approximate surface area is 128 Å². The van der Waals surface area contributed by atoms with Gasteiger partial charge in [0.15, 0.2) is 0 Å². The SMILES string of the molecule is CCCCCSCC(NCCC)c1ccc(OC)cc1. The highest BCUT2D eigenvalue weighted by Crippen LogP contribution is 2.22. The average molecular weight is 295 g/mol. The van der Waals surface area contributed by atoms with Gasteiger partial charge in [0.05, 0.1) is 7.11 Å². The summed E-state index contributed by atoms with van der Waals surface area (Å²) in [5.74, 6) is 3.35. The minimum atomic E-state index is 0.451. The maximum absolute atomic E-state index is 5.23. The largest absolute Gasteiger partial charge is 0.497 e. The molecular formula is C17H29NOS. The first kappa shape index (κ1) is 17.4. The van der Waals surface area contributed by atoms with Crippen LogP contribution in [0.15, 0.2) is 24.3 Å². The molecule has 0 aliphatic heterocycles. The van der Waals surface area contributed by atoms with E-state index in [1.165, 1.54) is 37.0 Å². The molecule has 0 aromatic heterocycles. The Morgan fingerprint density at radius 1 is 1.10 bits per heavy atom. The van der Waals surface area contributed by atoms with Crippen LogP contribution in [0.25, 0.3) is 0 Å². The van der Waals surface area contributed by atoms with Crippen molar-refractivity contribution in [2.45, 2.75) is 45.6 Å². The molecule has 0 aliphatic rings. The fourth-order valence-corrected chi connectivity index (χ4v) is 3.20. The van der Waals surface area contributed by atoms with Gasteiger partial charge in [0.2, 0.25) is 0 Å². The highest BCUT2D eigenvalue weighted by Gasteiger charge is 2.10. The molecule has 20 heavy (non-hydrogen) atoms. The summed E-state index contributed by atoms with van der Waals surface area (Å²) in [6.45, 7) is 5.55. The van der Waals surface area contributed by atoms with Crippen molar-refractivity contribution in [1.82, 2.24) is 5.32 Å². The van der Waals surface area contributed by atoms with Crippen LogP contribution < -0.4 is 10.1 Å². The summed E-state index contributed by atoms with van der Waals surface area (Å²) in [6.07, 6.45) is 5.16. The minimum absolute atomic E-state index is 0.451. The van der Waals surface area contributed by atoms with Crippen molar-refractivity contribution in [2.24, 2.45) is 0 Å². The number of unbranched alkanes of at least 4 members (excludes halogenated alkanes) is 2. The third kappa shape index (κ3) is 6.67. The van der Waals surface area contributed by atoms with Crippen molar-refractivity contribution in [3.8, 4) is 5.75 Å². The van der Waals surface area contributed by atoms with Gasteiger partial charge in [-0.1, -0.05) is 38.8 Å². The summed E-state index contributed by atoms with van der Waals surface area (Å²) in [5.41, 5.74) is 1.36. The lowest BCUT2D eigenvalue weighted by Crippen LogP contribution is -2.24. The first-order valence-electron chi connectivity index (χ1n) is 7.76. The fourth-order valence-electron chi connectivity index (χ4n) is 2.08. The predicted molar refractivity (Wildman–Crippen MR) is 90.9 cm³/mol. The van der Waals surface area contributed by atoms with Crippen LogP contribution in [0, 0.1) is 0 Å². The summed E-state index contributed by atoms with van der Waals surface area (Å²) < 4.78 is 5.23. The summed E-state index contributed by atoms with van der Waals surface area (Å²) in [6, 6.07) is 8.92. The molecule has 1 aromatic rings. The van der Waals surface area contributed by atoms with E-state index in [1.54, 1.807) is 7.11 Å². The summed E-state index contributed by atoms with van der Waals surface area (Å²) >= 11 is 2.06. The molecule has 1 aromatic carbocycles. The van der Waals surface area contributed by atoms with E-state index < -0.39 is 0 Å². The third-order valence-corrected chi connectivity index (χ3v) is 4.48. The summed E-state index contributed by atoms with van der Waals surface area (Å²) in [7, 11) is 1.71. The Balaban J connectivity index is 2.48. The predicted octanol–water partition coefficient (Wildman–Crippen LogP) is 4.66. The van der Waals surface area contributed by atoms with Crippen LogP contribution in [-0.2, 0) is 0 Å². The Kier molecular flexibility index (Phi) is 9.60. The summed E-state index contributed by atoms with van der Waals surface area (Å²) in [5, 5.41) is 3.65. The number of thioether (sulfide) groups is 1. The number of benzene rings is 1. The van der Waals surface area contributed by atoms with Gasteiger partial charge < -0.3 is 10.1 Å². The molecule has 1 N–H and O–H groups in total. The van der Waals surface area contributed by atoms with Crippen LogP contribution in [0.1, 0.15) is 51.1 Å². The second-order valence-electron chi connectivity index (χ2n) is 5.06. The van der Waals surface area contributed by atoms with Crippen LogP contribution in [0.4, 0.5) is 0 Å². The Morgan fingerprint density at radius 2 is 1.85 bits per heavy atom. The van der Waals surface area contributed by atoms with Crippen molar-refractivity contribution in [3.63, 3.8) is 0 Å². The van der Waals surface area contributed by atoms with E-state index in [4.69, 9.17) is 4.74 Å². The topological polar surface area (TPSA) is 21.3 Å². The molecule has 1 unspecified atom stereocenters.